The maximum absolute atomic E-state index is 11.4. The fourth-order valence-electron chi connectivity index (χ4n) is 1.35. The van der Waals surface area contributed by atoms with Crippen molar-refractivity contribution in [2.24, 2.45) is 0 Å². The summed E-state index contributed by atoms with van der Waals surface area (Å²) < 4.78 is 47.2. The van der Waals surface area contributed by atoms with E-state index in [1.165, 1.54) is 6.08 Å². The van der Waals surface area contributed by atoms with E-state index in [0.29, 0.717) is 0 Å². The van der Waals surface area contributed by atoms with Gasteiger partial charge in [0.15, 0.2) is 9.84 Å². The van der Waals surface area contributed by atoms with Crippen LogP contribution in [-0.4, -0.2) is 45.5 Å². The number of sulfonamides is 1. The average molecular weight is 283 g/mol. The molecule has 17 heavy (non-hydrogen) atoms. The molecule has 1 aliphatic rings. The fraction of sp³-hybridized carbons (Fsp3) is 0.625. The van der Waals surface area contributed by atoms with Gasteiger partial charge in [0.25, 0.3) is 0 Å². The molecule has 1 atom stereocenters. The summed E-state index contributed by atoms with van der Waals surface area (Å²) >= 11 is 0. The number of nitrogens with one attached hydrogen (secondary N) is 1. The molecule has 1 heterocycles. The number of rotatable bonds is 6. The Balaban J connectivity index is 2.46. The topological polar surface area (TPSA) is 118 Å². The highest BCUT2D eigenvalue weighted by atomic mass is 32.2. The van der Waals surface area contributed by atoms with Crippen LogP contribution in [0.2, 0.25) is 0 Å². The van der Waals surface area contributed by atoms with Crippen LogP contribution in [0.4, 0.5) is 0 Å². The van der Waals surface area contributed by atoms with Gasteiger partial charge in [-0.2, -0.15) is 0 Å². The summed E-state index contributed by atoms with van der Waals surface area (Å²) in [5.41, 5.74) is 0. The smallest absolute Gasteiger partial charge is 0.303 e. The predicted molar refractivity (Wildman–Crippen MR) is 60.5 cm³/mol. The van der Waals surface area contributed by atoms with Crippen molar-refractivity contribution in [1.29, 1.82) is 0 Å². The van der Waals surface area contributed by atoms with E-state index in [9.17, 15) is 21.6 Å². The van der Waals surface area contributed by atoms with Gasteiger partial charge in [0, 0.05) is 11.8 Å². The Bertz CT molecular complexity index is 518. The molecule has 9 heteroatoms. The molecule has 0 aromatic rings. The van der Waals surface area contributed by atoms with E-state index in [-0.39, 0.29) is 24.3 Å². The summed E-state index contributed by atoms with van der Waals surface area (Å²) in [5.74, 6) is -1.68. The maximum atomic E-state index is 11.4. The van der Waals surface area contributed by atoms with Crippen LogP contribution in [0.25, 0.3) is 0 Å². The van der Waals surface area contributed by atoms with Gasteiger partial charge in [-0.05, 0) is 6.42 Å². The largest absolute Gasteiger partial charge is 0.481 e. The van der Waals surface area contributed by atoms with Gasteiger partial charge in [0.05, 0.1) is 17.5 Å². The maximum Gasteiger partial charge on any atom is 0.303 e. The number of hydrogen-bond acceptors (Lipinski definition) is 5. The molecule has 1 rings (SSSR count). The minimum absolute atomic E-state index is 0.00610. The molecular formula is C8H13NO6S2. The number of aliphatic carboxylic acids is 1. The lowest BCUT2D eigenvalue weighted by atomic mass is 10.3. The van der Waals surface area contributed by atoms with E-state index >= 15 is 0 Å². The molecular weight excluding hydrogens is 270 g/mol. The molecule has 1 unspecified atom stereocenters. The van der Waals surface area contributed by atoms with E-state index < -0.39 is 31.9 Å². The summed E-state index contributed by atoms with van der Waals surface area (Å²) in [4.78, 5) is 10.2. The van der Waals surface area contributed by atoms with E-state index in [2.05, 4.69) is 4.72 Å². The Morgan fingerprint density at radius 1 is 1.47 bits per heavy atom. The minimum atomic E-state index is -3.64. The number of carboxylic acids is 1. The molecule has 0 aromatic carbocycles. The Labute approximate surface area is 99.5 Å². The van der Waals surface area contributed by atoms with Crippen molar-refractivity contribution in [1.82, 2.24) is 4.72 Å². The molecule has 0 aromatic heterocycles. The molecule has 0 radical (unpaired) electrons. The second kappa shape index (κ2) is 5.15. The first-order chi connectivity index (χ1) is 7.70. The highest BCUT2D eigenvalue weighted by molar-refractivity contribution is 7.94. The molecule has 2 N–H and O–H groups in total. The van der Waals surface area contributed by atoms with Crippen LogP contribution >= 0.6 is 0 Å². The van der Waals surface area contributed by atoms with Crippen LogP contribution < -0.4 is 4.72 Å². The predicted octanol–water partition coefficient (Wildman–Crippen LogP) is -0.919. The van der Waals surface area contributed by atoms with Crippen LogP contribution in [0.1, 0.15) is 12.8 Å². The van der Waals surface area contributed by atoms with Crippen molar-refractivity contribution in [3.63, 3.8) is 0 Å². The summed E-state index contributed by atoms with van der Waals surface area (Å²) in [6, 6.07) is -0.755. The third kappa shape index (κ3) is 5.29. The lowest BCUT2D eigenvalue weighted by Crippen LogP contribution is -2.37. The minimum Gasteiger partial charge on any atom is -0.481 e. The first-order valence-electron chi connectivity index (χ1n) is 4.83. The van der Waals surface area contributed by atoms with Gasteiger partial charge in [-0.25, -0.2) is 21.6 Å². The second-order valence-corrected chi connectivity index (χ2v) is 7.50. The molecule has 1 aliphatic heterocycles. The van der Waals surface area contributed by atoms with Gasteiger partial charge in [-0.1, -0.05) is 6.08 Å². The van der Waals surface area contributed by atoms with Gasteiger partial charge < -0.3 is 5.11 Å². The summed E-state index contributed by atoms with van der Waals surface area (Å²) in [6.45, 7) is 0. The van der Waals surface area contributed by atoms with Crippen LogP contribution in [0.5, 0.6) is 0 Å². The average Bonchev–Trinajstić information content (AvgIpc) is 2.43. The van der Waals surface area contributed by atoms with Crippen molar-refractivity contribution in [3.05, 3.63) is 11.5 Å². The molecule has 0 saturated carbocycles. The first-order valence-corrected chi connectivity index (χ1v) is 8.20. The lowest BCUT2D eigenvalue weighted by molar-refractivity contribution is -0.137. The van der Waals surface area contributed by atoms with Crippen molar-refractivity contribution < 1.29 is 26.7 Å². The zero-order valence-corrected chi connectivity index (χ0v) is 10.5. The van der Waals surface area contributed by atoms with Crippen molar-refractivity contribution in [2.75, 3.05) is 11.5 Å². The SMILES string of the molecule is O=C(O)CCCS(=O)(=O)NC1C=CS(=O)(=O)C1. The zero-order valence-electron chi connectivity index (χ0n) is 8.87. The Morgan fingerprint density at radius 2 is 2.12 bits per heavy atom. The van der Waals surface area contributed by atoms with Gasteiger partial charge in [0.2, 0.25) is 10.0 Å². The van der Waals surface area contributed by atoms with Crippen molar-refractivity contribution >= 4 is 25.8 Å². The molecule has 7 nitrogen and oxygen atoms in total. The van der Waals surface area contributed by atoms with Crippen LogP contribution in [0, 0.1) is 0 Å². The number of hydrogen-bond donors (Lipinski definition) is 2. The zero-order chi connectivity index (χ0) is 13.1. The second-order valence-electron chi connectivity index (χ2n) is 3.70. The normalized spacial score (nSPS) is 22.7. The first kappa shape index (κ1) is 14.1. The molecule has 98 valence electrons. The van der Waals surface area contributed by atoms with Crippen LogP contribution in [0.15, 0.2) is 11.5 Å². The van der Waals surface area contributed by atoms with Crippen molar-refractivity contribution in [3.8, 4) is 0 Å². The number of sulfone groups is 1. The van der Waals surface area contributed by atoms with E-state index in [4.69, 9.17) is 5.11 Å². The highest BCUT2D eigenvalue weighted by Crippen LogP contribution is 2.09. The van der Waals surface area contributed by atoms with Gasteiger partial charge >= 0.3 is 5.97 Å². The summed E-state index contributed by atoms with van der Waals surface area (Å²) in [5, 5.41) is 9.33. The number of carboxylic acid groups (broad SMARTS) is 1. The van der Waals surface area contributed by atoms with Gasteiger partial charge in [-0.3, -0.25) is 4.79 Å². The summed E-state index contributed by atoms with van der Waals surface area (Å²) in [7, 11) is -6.94. The highest BCUT2D eigenvalue weighted by Gasteiger charge is 2.25. The Morgan fingerprint density at radius 3 is 2.59 bits per heavy atom. The van der Waals surface area contributed by atoms with E-state index in [1.54, 1.807) is 0 Å². The van der Waals surface area contributed by atoms with Gasteiger partial charge in [-0.15, -0.1) is 0 Å². The van der Waals surface area contributed by atoms with E-state index in [0.717, 1.165) is 5.41 Å². The van der Waals surface area contributed by atoms with E-state index in [1.807, 2.05) is 0 Å². The van der Waals surface area contributed by atoms with Crippen LogP contribution in [-0.2, 0) is 24.7 Å². The Hall–Kier alpha value is -0.930. The van der Waals surface area contributed by atoms with Crippen molar-refractivity contribution in [2.45, 2.75) is 18.9 Å². The molecule has 0 fully saturated rings. The lowest BCUT2D eigenvalue weighted by Gasteiger charge is -2.09. The molecule has 0 saturated heterocycles. The molecule has 0 spiro atoms. The molecule has 0 amide bonds. The van der Waals surface area contributed by atoms with Gasteiger partial charge in [0.1, 0.15) is 0 Å². The third-order valence-electron chi connectivity index (χ3n) is 2.06. The Kier molecular flexibility index (Phi) is 4.28. The summed E-state index contributed by atoms with van der Waals surface area (Å²) in [6.07, 6.45) is 1.03. The standard InChI is InChI=1S/C8H13NO6S2/c10-8(11)2-1-4-17(14,15)9-7-3-5-16(12,13)6-7/h3,5,7,9H,1-2,4,6H2,(H,10,11). The molecule has 0 aliphatic carbocycles. The fourth-order valence-corrected chi connectivity index (χ4v) is 3.96. The van der Waals surface area contributed by atoms with Crippen LogP contribution in [0.3, 0.4) is 0 Å². The monoisotopic (exact) mass is 283 g/mol. The molecule has 0 bridgehead atoms. The number of carbonyl (C=O) groups is 1. The third-order valence-corrected chi connectivity index (χ3v) is 4.95. The quantitative estimate of drug-likeness (QED) is 0.651.